The van der Waals surface area contributed by atoms with Gasteiger partial charge in [0.2, 0.25) is 11.8 Å². The summed E-state index contributed by atoms with van der Waals surface area (Å²) in [5, 5.41) is 3.50. The van der Waals surface area contributed by atoms with Gasteiger partial charge in [-0.2, -0.15) is 0 Å². The van der Waals surface area contributed by atoms with E-state index in [1.807, 2.05) is 31.2 Å². The molecule has 1 saturated heterocycles. The molecule has 2 aliphatic heterocycles. The van der Waals surface area contributed by atoms with Gasteiger partial charge < -0.3 is 19.9 Å². The van der Waals surface area contributed by atoms with Gasteiger partial charge in [-0.05, 0) is 60.5 Å². The van der Waals surface area contributed by atoms with E-state index >= 15 is 0 Å². The molecule has 0 spiro atoms. The average Bonchev–Trinajstić information content (AvgIpc) is 3.23. The van der Waals surface area contributed by atoms with Crippen molar-refractivity contribution in [1.82, 2.24) is 4.90 Å². The third-order valence-corrected chi connectivity index (χ3v) is 7.59. The van der Waals surface area contributed by atoms with Crippen LogP contribution in [0.4, 0.5) is 17.1 Å². The number of Topliss-reactive ketones (excluding diaryl/α,β-unsaturated/α-hetero) is 1. The smallest absolute Gasteiger partial charge is 0.299 e. The molecule has 5 rings (SSSR count). The first-order valence-electron chi connectivity index (χ1n) is 13.6. The fraction of sp³-hybridized carbons (Fsp3) is 0.290. The quantitative estimate of drug-likeness (QED) is 0.386. The summed E-state index contributed by atoms with van der Waals surface area (Å²) in [5.41, 5.74) is 3.08. The second-order valence-corrected chi connectivity index (χ2v) is 10.4. The highest BCUT2D eigenvalue weighted by atomic mass is 35.5. The molecule has 0 radical (unpaired) electrons. The first-order chi connectivity index (χ1) is 19.9. The summed E-state index contributed by atoms with van der Waals surface area (Å²) in [6, 6.07) is 20.3. The lowest BCUT2D eigenvalue weighted by atomic mass is 10.1. The average molecular weight is 575 g/mol. The van der Waals surface area contributed by atoms with Crippen LogP contribution in [-0.4, -0.2) is 67.3 Å². The van der Waals surface area contributed by atoms with Gasteiger partial charge in [0.25, 0.3) is 11.7 Å². The van der Waals surface area contributed by atoms with Crippen molar-refractivity contribution in [2.24, 2.45) is 0 Å². The maximum absolute atomic E-state index is 13.8. The number of rotatable bonds is 9. The molecule has 1 unspecified atom stereocenters. The normalized spacial score (nSPS) is 15.5. The monoisotopic (exact) mass is 574 g/mol. The minimum Gasteiger partial charge on any atom is -0.378 e. The van der Waals surface area contributed by atoms with Crippen LogP contribution in [0.2, 0.25) is 5.02 Å². The third-order valence-electron chi connectivity index (χ3n) is 7.34. The van der Waals surface area contributed by atoms with Crippen molar-refractivity contribution in [3.63, 3.8) is 0 Å². The van der Waals surface area contributed by atoms with E-state index in [0.29, 0.717) is 36.0 Å². The van der Waals surface area contributed by atoms with Crippen molar-refractivity contribution in [3.8, 4) is 0 Å². The molecule has 3 amide bonds. The lowest BCUT2D eigenvalue weighted by Gasteiger charge is -2.32. The number of para-hydroxylation sites is 1. The van der Waals surface area contributed by atoms with Crippen LogP contribution in [0.5, 0.6) is 0 Å². The van der Waals surface area contributed by atoms with E-state index in [-0.39, 0.29) is 24.6 Å². The van der Waals surface area contributed by atoms with Crippen LogP contribution < -0.4 is 15.1 Å². The van der Waals surface area contributed by atoms with Crippen LogP contribution in [0.25, 0.3) is 0 Å². The fourth-order valence-corrected chi connectivity index (χ4v) is 5.27. The van der Waals surface area contributed by atoms with Gasteiger partial charge in [0, 0.05) is 36.0 Å². The minimum atomic E-state index is -0.833. The van der Waals surface area contributed by atoms with Crippen LogP contribution in [0.15, 0.2) is 72.8 Å². The number of nitrogens with one attached hydrogen (secondary N) is 1. The molecule has 41 heavy (non-hydrogen) atoms. The maximum Gasteiger partial charge on any atom is 0.299 e. The number of morpholine rings is 1. The van der Waals surface area contributed by atoms with E-state index in [2.05, 4.69) is 10.2 Å². The Balaban J connectivity index is 1.36. The van der Waals surface area contributed by atoms with E-state index < -0.39 is 23.6 Å². The molecule has 2 aliphatic rings. The van der Waals surface area contributed by atoms with Crippen LogP contribution >= 0.6 is 11.6 Å². The van der Waals surface area contributed by atoms with E-state index in [0.717, 1.165) is 24.3 Å². The number of anilines is 3. The second-order valence-electron chi connectivity index (χ2n) is 9.95. The molecule has 212 valence electrons. The Kier molecular flexibility index (Phi) is 8.66. The van der Waals surface area contributed by atoms with Crippen molar-refractivity contribution >= 4 is 52.2 Å². The number of halogens is 1. The van der Waals surface area contributed by atoms with E-state index in [9.17, 15) is 19.2 Å². The van der Waals surface area contributed by atoms with Crippen LogP contribution in [0.1, 0.15) is 29.3 Å². The minimum absolute atomic E-state index is 0.121. The van der Waals surface area contributed by atoms with Crippen LogP contribution in [0, 0.1) is 0 Å². The van der Waals surface area contributed by atoms with E-state index in [4.69, 9.17) is 16.3 Å². The molecule has 0 saturated carbocycles. The van der Waals surface area contributed by atoms with Crippen molar-refractivity contribution in [2.75, 3.05) is 48.0 Å². The van der Waals surface area contributed by atoms with Gasteiger partial charge in [0.05, 0.1) is 24.5 Å². The van der Waals surface area contributed by atoms with Gasteiger partial charge in [0.1, 0.15) is 12.6 Å². The zero-order valence-corrected chi connectivity index (χ0v) is 23.5. The van der Waals surface area contributed by atoms with E-state index in [1.165, 1.54) is 9.80 Å². The highest BCUT2D eigenvalue weighted by Crippen LogP contribution is 2.29. The van der Waals surface area contributed by atoms with Crippen molar-refractivity contribution in [2.45, 2.75) is 25.9 Å². The van der Waals surface area contributed by atoms with Gasteiger partial charge in [-0.15, -0.1) is 0 Å². The molecule has 9 nitrogen and oxygen atoms in total. The molecule has 0 aliphatic carbocycles. The SMILES string of the molecule is CCC(C(=O)Nc1ccc(N2CCOCC2)cc1)N(Cc1ccc(Cl)cc1)C(=O)CN1C(=O)C(=O)c2ccccc21. The molecule has 10 heteroatoms. The molecule has 1 N–H and O–H groups in total. The molecule has 3 aromatic rings. The largest absolute Gasteiger partial charge is 0.378 e. The summed E-state index contributed by atoms with van der Waals surface area (Å²) < 4.78 is 5.42. The first-order valence-corrected chi connectivity index (χ1v) is 14.0. The number of ether oxygens (including phenoxy) is 1. The molecule has 2 heterocycles. The van der Waals surface area contributed by atoms with Crippen LogP contribution in [0.3, 0.4) is 0 Å². The number of fused-ring (bicyclic) bond motifs is 1. The Morgan fingerprint density at radius 3 is 2.34 bits per heavy atom. The Hall–Kier alpha value is -4.21. The molecular weight excluding hydrogens is 544 g/mol. The summed E-state index contributed by atoms with van der Waals surface area (Å²) in [6.45, 7) is 4.55. The predicted octanol–water partition coefficient (Wildman–Crippen LogP) is 4.15. The van der Waals surface area contributed by atoms with Gasteiger partial charge >= 0.3 is 0 Å². The molecule has 1 atom stereocenters. The highest BCUT2D eigenvalue weighted by molar-refractivity contribution is 6.52. The van der Waals surface area contributed by atoms with Crippen molar-refractivity contribution in [1.29, 1.82) is 0 Å². The van der Waals surface area contributed by atoms with Gasteiger partial charge in [-0.1, -0.05) is 42.8 Å². The second kappa shape index (κ2) is 12.5. The topological polar surface area (TPSA) is 99.3 Å². The van der Waals surface area contributed by atoms with Gasteiger partial charge in [0.15, 0.2) is 0 Å². The molecule has 3 aromatic carbocycles. The Bertz CT molecular complexity index is 1440. The van der Waals surface area contributed by atoms with Crippen molar-refractivity contribution in [3.05, 3.63) is 88.9 Å². The molecule has 0 bridgehead atoms. The molecule has 1 fully saturated rings. The summed E-state index contributed by atoms with van der Waals surface area (Å²) >= 11 is 6.06. The Labute approximate surface area is 243 Å². The third kappa shape index (κ3) is 6.26. The maximum atomic E-state index is 13.8. The summed E-state index contributed by atoms with van der Waals surface area (Å²) in [6.07, 6.45) is 0.334. The predicted molar refractivity (Wildman–Crippen MR) is 157 cm³/mol. The zero-order valence-electron chi connectivity index (χ0n) is 22.7. The molecular formula is C31H31ClN4O5. The van der Waals surface area contributed by atoms with Crippen LogP contribution in [-0.2, 0) is 25.7 Å². The highest BCUT2D eigenvalue weighted by Gasteiger charge is 2.38. The standard InChI is InChI=1S/C31H31ClN4O5/c1-2-26(30(39)33-23-11-13-24(14-12-23)34-15-17-41-18-16-34)35(19-21-7-9-22(32)10-8-21)28(37)20-36-27-6-4-3-5-25(27)29(38)31(36)40/h3-14,26H,2,15-20H2,1H3,(H,33,39). The zero-order chi connectivity index (χ0) is 28.9. The first kappa shape index (κ1) is 28.3. The summed E-state index contributed by atoms with van der Waals surface area (Å²) in [5.74, 6) is -2.22. The number of benzene rings is 3. The Morgan fingerprint density at radius 1 is 0.976 bits per heavy atom. The number of carbonyl (C=O) groups excluding carboxylic acids is 4. The van der Waals surface area contributed by atoms with Gasteiger partial charge in [-0.25, -0.2) is 0 Å². The number of hydrogen-bond donors (Lipinski definition) is 1. The molecule has 0 aromatic heterocycles. The number of amides is 3. The fourth-order valence-electron chi connectivity index (χ4n) is 5.14. The summed E-state index contributed by atoms with van der Waals surface area (Å²) in [4.78, 5) is 57.5. The van der Waals surface area contributed by atoms with Crippen molar-refractivity contribution < 1.29 is 23.9 Å². The number of nitrogens with zero attached hydrogens (tertiary/aromatic N) is 3. The lowest BCUT2D eigenvalue weighted by Crippen LogP contribution is -2.50. The summed E-state index contributed by atoms with van der Waals surface area (Å²) in [7, 11) is 0. The van der Waals surface area contributed by atoms with E-state index in [1.54, 1.807) is 48.5 Å². The number of ketones is 1. The lowest BCUT2D eigenvalue weighted by molar-refractivity contribution is -0.138. The Morgan fingerprint density at radius 2 is 1.66 bits per heavy atom. The number of hydrogen-bond acceptors (Lipinski definition) is 6. The van der Waals surface area contributed by atoms with Gasteiger partial charge in [-0.3, -0.25) is 24.1 Å². The number of carbonyl (C=O) groups is 4.